The number of aliphatic hydroxyl groups is 1. The van der Waals surface area contributed by atoms with E-state index < -0.39 is 5.60 Å². The van der Waals surface area contributed by atoms with Crippen LogP contribution < -0.4 is 5.32 Å². The minimum atomic E-state index is -0.540. The molecule has 0 aromatic carbocycles. The van der Waals surface area contributed by atoms with Crippen molar-refractivity contribution in [3.05, 3.63) is 5.01 Å². The fourth-order valence-electron chi connectivity index (χ4n) is 2.17. The van der Waals surface area contributed by atoms with Gasteiger partial charge in [-0.3, -0.25) is 0 Å². The zero-order valence-electron chi connectivity index (χ0n) is 10.6. The molecule has 2 rings (SSSR count). The number of nitrogens with one attached hydrogen (secondary N) is 1. The Kier molecular flexibility index (Phi) is 3.99. The van der Waals surface area contributed by atoms with E-state index in [2.05, 4.69) is 29.4 Å². The maximum atomic E-state index is 10.3. The molecule has 0 atom stereocenters. The summed E-state index contributed by atoms with van der Waals surface area (Å²) in [5.41, 5.74) is -0.540. The molecule has 17 heavy (non-hydrogen) atoms. The summed E-state index contributed by atoms with van der Waals surface area (Å²) in [5, 5.41) is 23.7. The molecule has 1 aromatic rings. The molecule has 1 aliphatic carbocycles. The van der Waals surface area contributed by atoms with Gasteiger partial charge >= 0.3 is 0 Å². The van der Waals surface area contributed by atoms with E-state index in [0.717, 1.165) is 35.8 Å². The average Bonchev–Trinajstić information content (AvgIpc) is 2.76. The lowest BCUT2D eigenvalue weighted by molar-refractivity contribution is 0.0167. The fourth-order valence-corrected chi connectivity index (χ4v) is 2.91. The van der Waals surface area contributed by atoms with Gasteiger partial charge in [-0.05, 0) is 12.8 Å². The van der Waals surface area contributed by atoms with Crippen LogP contribution in [0.25, 0.3) is 0 Å². The number of rotatable bonds is 4. The van der Waals surface area contributed by atoms with Gasteiger partial charge in [0.15, 0.2) is 0 Å². The van der Waals surface area contributed by atoms with Crippen molar-refractivity contribution in [2.45, 2.75) is 57.5 Å². The first-order valence-electron chi connectivity index (χ1n) is 6.39. The Morgan fingerprint density at radius 3 is 2.59 bits per heavy atom. The SMILES string of the molecule is CC(C)c1nnc(NCC2(O)CCCCC2)s1. The van der Waals surface area contributed by atoms with Crippen molar-refractivity contribution in [2.75, 3.05) is 11.9 Å². The van der Waals surface area contributed by atoms with Crippen LogP contribution in [-0.4, -0.2) is 27.4 Å². The summed E-state index contributed by atoms with van der Waals surface area (Å²) >= 11 is 1.58. The normalized spacial score (nSPS) is 19.5. The monoisotopic (exact) mass is 255 g/mol. The second-order valence-corrected chi connectivity index (χ2v) is 6.25. The largest absolute Gasteiger partial charge is 0.388 e. The van der Waals surface area contributed by atoms with E-state index >= 15 is 0 Å². The highest BCUT2D eigenvalue weighted by Gasteiger charge is 2.29. The van der Waals surface area contributed by atoms with Gasteiger partial charge in [0.25, 0.3) is 0 Å². The zero-order valence-corrected chi connectivity index (χ0v) is 11.4. The maximum Gasteiger partial charge on any atom is 0.205 e. The zero-order chi connectivity index (χ0) is 12.3. The van der Waals surface area contributed by atoms with Gasteiger partial charge in [0.1, 0.15) is 5.01 Å². The van der Waals surface area contributed by atoms with Crippen LogP contribution in [0, 0.1) is 0 Å². The predicted molar refractivity (Wildman–Crippen MR) is 70.5 cm³/mol. The van der Waals surface area contributed by atoms with Crippen LogP contribution in [0.3, 0.4) is 0 Å². The van der Waals surface area contributed by atoms with E-state index in [-0.39, 0.29) is 0 Å². The number of anilines is 1. The third-order valence-electron chi connectivity index (χ3n) is 3.29. The predicted octanol–water partition coefficient (Wildman–Crippen LogP) is 2.77. The summed E-state index contributed by atoms with van der Waals surface area (Å²) in [4.78, 5) is 0. The van der Waals surface area contributed by atoms with Crippen LogP contribution in [-0.2, 0) is 0 Å². The van der Waals surface area contributed by atoms with Gasteiger partial charge < -0.3 is 10.4 Å². The molecule has 2 N–H and O–H groups in total. The molecule has 0 radical (unpaired) electrons. The molecule has 1 aromatic heterocycles. The lowest BCUT2D eigenvalue weighted by Crippen LogP contribution is -2.38. The summed E-state index contributed by atoms with van der Waals surface area (Å²) in [5.74, 6) is 0.417. The third kappa shape index (κ3) is 3.39. The molecule has 0 bridgehead atoms. The van der Waals surface area contributed by atoms with Crippen LogP contribution in [0.2, 0.25) is 0 Å². The second-order valence-electron chi connectivity index (χ2n) is 5.24. The van der Waals surface area contributed by atoms with Gasteiger partial charge in [0.2, 0.25) is 5.13 Å². The van der Waals surface area contributed by atoms with Crippen LogP contribution in [0.1, 0.15) is 56.9 Å². The minimum absolute atomic E-state index is 0.417. The van der Waals surface area contributed by atoms with Crippen molar-refractivity contribution in [3.63, 3.8) is 0 Å². The summed E-state index contributed by atoms with van der Waals surface area (Å²) in [7, 11) is 0. The molecular formula is C12H21N3OS. The summed E-state index contributed by atoms with van der Waals surface area (Å²) in [6.07, 6.45) is 5.31. The van der Waals surface area contributed by atoms with Gasteiger partial charge in [-0.2, -0.15) is 0 Å². The highest BCUT2D eigenvalue weighted by atomic mass is 32.1. The third-order valence-corrected chi connectivity index (χ3v) is 4.47. The lowest BCUT2D eigenvalue weighted by Gasteiger charge is -2.31. The van der Waals surface area contributed by atoms with Crippen LogP contribution >= 0.6 is 11.3 Å². The molecule has 4 nitrogen and oxygen atoms in total. The van der Waals surface area contributed by atoms with Crippen molar-refractivity contribution in [2.24, 2.45) is 0 Å². The van der Waals surface area contributed by atoms with E-state index in [0.29, 0.717) is 12.5 Å². The maximum absolute atomic E-state index is 10.3. The van der Waals surface area contributed by atoms with Crippen LogP contribution in [0.4, 0.5) is 5.13 Å². The smallest absolute Gasteiger partial charge is 0.205 e. The Morgan fingerprint density at radius 2 is 2.00 bits per heavy atom. The number of hydrogen-bond acceptors (Lipinski definition) is 5. The van der Waals surface area contributed by atoms with Crippen molar-refractivity contribution < 1.29 is 5.11 Å². The van der Waals surface area contributed by atoms with E-state index in [1.807, 2.05) is 0 Å². The number of hydrogen-bond donors (Lipinski definition) is 2. The van der Waals surface area contributed by atoms with E-state index in [9.17, 15) is 5.11 Å². The Morgan fingerprint density at radius 1 is 1.29 bits per heavy atom. The molecule has 0 unspecified atom stereocenters. The standard InChI is InChI=1S/C12H21N3OS/c1-9(2)10-14-15-11(17-10)13-8-12(16)6-4-3-5-7-12/h9,16H,3-8H2,1-2H3,(H,13,15). The first-order chi connectivity index (χ1) is 8.09. The molecule has 0 spiro atoms. The Balaban J connectivity index is 1.88. The van der Waals surface area contributed by atoms with Gasteiger partial charge in [-0.1, -0.05) is 44.4 Å². The molecule has 1 saturated carbocycles. The van der Waals surface area contributed by atoms with Crippen molar-refractivity contribution in [3.8, 4) is 0 Å². The summed E-state index contributed by atoms with van der Waals surface area (Å²) in [6.45, 7) is 4.82. The van der Waals surface area contributed by atoms with Crippen LogP contribution in [0.5, 0.6) is 0 Å². The number of aromatic nitrogens is 2. The Labute approximate surface area is 106 Å². The van der Waals surface area contributed by atoms with E-state index in [1.54, 1.807) is 11.3 Å². The second kappa shape index (κ2) is 5.31. The molecule has 0 amide bonds. The average molecular weight is 255 g/mol. The highest BCUT2D eigenvalue weighted by molar-refractivity contribution is 7.15. The van der Waals surface area contributed by atoms with Gasteiger partial charge in [0, 0.05) is 12.5 Å². The van der Waals surface area contributed by atoms with E-state index in [4.69, 9.17) is 0 Å². The quantitative estimate of drug-likeness (QED) is 0.868. The summed E-state index contributed by atoms with van der Waals surface area (Å²) < 4.78 is 0. The van der Waals surface area contributed by atoms with Crippen molar-refractivity contribution >= 4 is 16.5 Å². The first kappa shape index (κ1) is 12.8. The topological polar surface area (TPSA) is 58.0 Å². The molecule has 0 saturated heterocycles. The highest BCUT2D eigenvalue weighted by Crippen LogP contribution is 2.29. The molecular weight excluding hydrogens is 234 g/mol. The lowest BCUT2D eigenvalue weighted by atomic mass is 9.85. The Hall–Kier alpha value is -0.680. The van der Waals surface area contributed by atoms with Gasteiger partial charge in [-0.25, -0.2) is 0 Å². The van der Waals surface area contributed by atoms with Crippen molar-refractivity contribution in [1.82, 2.24) is 10.2 Å². The van der Waals surface area contributed by atoms with Gasteiger partial charge in [0.05, 0.1) is 5.60 Å². The molecule has 96 valence electrons. The molecule has 1 fully saturated rings. The fraction of sp³-hybridized carbons (Fsp3) is 0.833. The van der Waals surface area contributed by atoms with Gasteiger partial charge in [-0.15, -0.1) is 10.2 Å². The molecule has 5 heteroatoms. The number of nitrogens with zero attached hydrogens (tertiary/aromatic N) is 2. The molecule has 1 aliphatic rings. The Bertz CT molecular complexity index is 358. The first-order valence-corrected chi connectivity index (χ1v) is 7.20. The molecule has 0 aliphatic heterocycles. The minimum Gasteiger partial charge on any atom is -0.388 e. The summed E-state index contributed by atoms with van der Waals surface area (Å²) in [6, 6.07) is 0. The van der Waals surface area contributed by atoms with E-state index in [1.165, 1.54) is 6.42 Å². The van der Waals surface area contributed by atoms with Crippen LogP contribution in [0.15, 0.2) is 0 Å². The van der Waals surface area contributed by atoms with Crippen molar-refractivity contribution in [1.29, 1.82) is 0 Å². The molecule has 1 heterocycles.